The zero-order valence-electron chi connectivity index (χ0n) is 13.0. The van der Waals surface area contributed by atoms with Crippen molar-refractivity contribution in [3.05, 3.63) is 24.2 Å². The molecule has 1 N–H and O–H groups in total. The summed E-state index contributed by atoms with van der Waals surface area (Å²) in [6, 6.07) is 1.67. The number of piperazine rings is 1. The summed E-state index contributed by atoms with van der Waals surface area (Å²) in [5.41, 5.74) is 0.193. The zero-order chi connectivity index (χ0) is 15.6. The van der Waals surface area contributed by atoms with Gasteiger partial charge in [-0.25, -0.2) is 0 Å². The Balaban J connectivity index is 1.60. The second-order valence-corrected chi connectivity index (χ2v) is 6.06. The molecule has 22 heavy (non-hydrogen) atoms. The topological polar surface area (TPSA) is 65.8 Å². The lowest BCUT2D eigenvalue weighted by Crippen LogP contribution is -2.59. The molecule has 6 heteroatoms. The number of nitrogens with zero attached hydrogens (tertiary/aromatic N) is 2. The lowest BCUT2D eigenvalue weighted by atomic mass is 9.92. The molecule has 3 heterocycles. The summed E-state index contributed by atoms with van der Waals surface area (Å²) < 4.78 is 4.96. The van der Waals surface area contributed by atoms with Crippen molar-refractivity contribution in [3.63, 3.8) is 0 Å². The summed E-state index contributed by atoms with van der Waals surface area (Å²) in [7, 11) is 0. The third-order valence-corrected chi connectivity index (χ3v) is 4.88. The lowest BCUT2D eigenvalue weighted by molar-refractivity contribution is -0.139. The largest absolute Gasteiger partial charge is 0.472 e. The second kappa shape index (κ2) is 6.12. The second-order valence-electron chi connectivity index (χ2n) is 6.06. The highest BCUT2D eigenvalue weighted by molar-refractivity contribution is 5.94. The molecule has 1 atom stereocenters. The Morgan fingerprint density at radius 2 is 2.00 bits per heavy atom. The molecule has 120 valence electrons. The first-order valence-corrected chi connectivity index (χ1v) is 8.02. The van der Waals surface area contributed by atoms with E-state index < -0.39 is 0 Å². The Kier molecular flexibility index (Phi) is 4.20. The fourth-order valence-electron chi connectivity index (χ4n) is 3.43. The van der Waals surface area contributed by atoms with Gasteiger partial charge in [-0.3, -0.25) is 9.59 Å². The molecule has 1 aromatic rings. The van der Waals surface area contributed by atoms with Crippen LogP contribution in [0.25, 0.3) is 0 Å². The predicted octanol–water partition coefficient (Wildman–Crippen LogP) is 1.10. The van der Waals surface area contributed by atoms with Gasteiger partial charge in [0.15, 0.2) is 0 Å². The summed E-state index contributed by atoms with van der Waals surface area (Å²) in [6.45, 7) is 5.34. The van der Waals surface area contributed by atoms with Gasteiger partial charge in [0.2, 0.25) is 5.91 Å². The molecule has 0 aliphatic carbocycles. The number of carbonyl (C=O) groups excluding carboxylic acids is 2. The number of rotatable bonds is 3. The van der Waals surface area contributed by atoms with Crippen LogP contribution in [0.3, 0.4) is 0 Å². The van der Waals surface area contributed by atoms with Crippen molar-refractivity contribution in [3.8, 4) is 0 Å². The van der Waals surface area contributed by atoms with E-state index in [1.165, 1.54) is 12.5 Å². The van der Waals surface area contributed by atoms with Crippen molar-refractivity contribution < 1.29 is 14.0 Å². The molecule has 0 unspecified atom stereocenters. The predicted molar refractivity (Wildman–Crippen MR) is 81.5 cm³/mol. The number of amides is 2. The number of hydrogen-bond acceptors (Lipinski definition) is 4. The molecule has 0 bridgehead atoms. The molecular weight excluding hydrogens is 282 g/mol. The van der Waals surface area contributed by atoms with Crippen molar-refractivity contribution in [2.75, 3.05) is 32.7 Å². The molecule has 2 amide bonds. The smallest absolute Gasteiger partial charge is 0.257 e. The van der Waals surface area contributed by atoms with Crippen LogP contribution in [0.1, 0.15) is 36.5 Å². The number of carbonyl (C=O) groups is 2. The summed E-state index contributed by atoms with van der Waals surface area (Å²) >= 11 is 0. The quantitative estimate of drug-likeness (QED) is 0.908. The first kappa shape index (κ1) is 15.1. The van der Waals surface area contributed by atoms with E-state index in [1.54, 1.807) is 11.0 Å². The maximum atomic E-state index is 12.8. The van der Waals surface area contributed by atoms with E-state index in [2.05, 4.69) is 12.2 Å². The molecule has 2 aliphatic rings. The van der Waals surface area contributed by atoms with E-state index in [0.29, 0.717) is 31.7 Å². The molecule has 1 aromatic heterocycles. The molecular formula is C16H23N3O3. The van der Waals surface area contributed by atoms with E-state index in [1.807, 2.05) is 4.90 Å². The minimum atomic E-state index is -0.378. The molecule has 0 aromatic carbocycles. The van der Waals surface area contributed by atoms with Gasteiger partial charge in [0.05, 0.1) is 17.4 Å². The van der Waals surface area contributed by atoms with Gasteiger partial charge >= 0.3 is 0 Å². The monoisotopic (exact) mass is 305 g/mol. The van der Waals surface area contributed by atoms with Gasteiger partial charge < -0.3 is 19.5 Å². The van der Waals surface area contributed by atoms with Gasteiger partial charge in [-0.1, -0.05) is 6.92 Å². The van der Waals surface area contributed by atoms with Crippen LogP contribution in [0.5, 0.6) is 0 Å². The van der Waals surface area contributed by atoms with E-state index in [-0.39, 0.29) is 17.4 Å². The van der Waals surface area contributed by atoms with Crippen molar-refractivity contribution in [2.24, 2.45) is 0 Å². The highest BCUT2D eigenvalue weighted by Crippen LogP contribution is 2.26. The Morgan fingerprint density at radius 3 is 2.55 bits per heavy atom. The van der Waals surface area contributed by atoms with Gasteiger partial charge in [0.25, 0.3) is 5.91 Å². The van der Waals surface area contributed by atoms with E-state index >= 15 is 0 Å². The maximum Gasteiger partial charge on any atom is 0.257 e. The van der Waals surface area contributed by atoms with Gasteiger partial charge in [-0.05, 0) is 31.9 Å². The highest BCUT2D eigenvalue weighted by Gasteiger charge is 2.42. The number of hydrogen-bond donors (Lipinski definition) is 1. The Bertz CT molecular complexity index is 527. The van der Waals surface area contributed by atoms with Crippen LogP contribution in [-0.2, 0) is 4.79 Å². The molecule has 2 aliphatic heterocycles. The molecule has 2 saturated heterocycles. The number of nitrogens with one attached hydrogen (secondary N) is 1. The van der Waals surface area contributed by atoms with Crippen LogP contribution in [0.2, 0.25) is 0 Å². The number of furan rings is 1. The average molecular weight is 305 g/mol. The minimum Gasteiger partial charge on any atom is -0.472 e. The van der Waals surface area contributed by atoms with Gasteiger partial charge in [-0.2, -0.15) is 0 Å². The Hall–Kier alpha value is -1.82. The summed E-state index contributed by atoms with van der Waals surface area (Å²) in [5, 5.41) is 3.39. The fourth-order valence-corrected chi connectivity index (χ4v) is 3.43. The fraction of sp³-hybridized carbons (Fsp3) is 0.625. The van der Waals surface area contributed by atoms with Crippen LogP contribution in [0.15, 0.2) is 23.0 Å². The van der Waals surface area contributed by atoms with Crippen LogP contribution < -0.4 is 5.32 Å². The van der Waals surface area contributed by atoms with Crippen LogP contribution in [-0.4, -0.2) is 59.9 Å². The normalized spacial score (nSPS) is 25.5. The highest BCUT2D eigenvalue weighted by atomic mass is 16.3. The molecule has 3 rings (SSSR count). The van der Waals surface area contributed by atoms with Crippen molar-refractivity contribution in [2.45, 2.75) is 31.7 Å². The van der Waals surface area contributed by atoms with Gasteiger partial charge in [0, 0.05) is 26.2 Å². The third kappa shape index (κ3) is 2.63. The van der Waals surface area contributed by atoms with Crippen molar-refractivity contribution in [1.29, 1.82) is 0 Å². The van der Waals surface area contributed by atoms with Crippen molar-refractivity contribution >= 4 is 11.8 Å². The van der Waals surface area contributed by atoms with E-state index in [4.69, 9.17) is 4.42 Å². The summed E-state index contributed by atoms with van der Waals surface area (Å²) in [5.74, 6) is 0.174. The zero-order valence-corrected chi connectivity index (χ0v) is 13.0. The van der Waals surface area contributed by atoms with E-state index in [9.17, 15) is 9.59 Å². The molecule has 0 saturated carbocycles. The van der Waals surface area contributed by atoms with Gasteiger partial charge in [0.1, 0.15) is 6.26 Å². The summed E-state index contributed by atoms with van der Waals surface area (Å²) in [4.78, 5) is 28.8. The standard InChI is InChI=1S/C16H23N3O3/c1-2-16(5-3-6-17-16)15(21)19-9-7-18(8-10-19)14(20)13-4-11-22-12-13/h4,11-12,17H,2-3,5-10H2,1H3/t16-/m0/s1. The average Bonchev–Trinajstić information content (AvgIpc) is 3.25. The molecule has 2 fully saturated rings. The molecule has 0 spiro atoms. The maximum absolute atomic E-state index is 12.8. The van der Waals surface area contributed by atoms with Crippen LogP contribution >= 0.6 is 0 Å². The first-order chi connectivity index (χ1) is 10.7. The third-order valence-electron chi connectivity index (χ3n) is 4.88. The Labute approximate surface area is 130 Å². The lowest BCUT2D eigenvalue weighted by Gasteiger charge is -2.39. The minimum absolute atomic E-state index is 0.0231. The van der Waals surface area contributed by atoms with Crippen LogP contribution in [0, 0.1) is 0 Å². The van der Waals surface area contributed by atoms with Crippen LogP contribution in [0.4, 0.5) is 0 Å². The SMILES string of the molecule is CC[C@@]1(C(=O)N2CCN(C(=O)c3ccoc3)CC2)CCCN1. The summed E-state index contributed by atoms with van der Waals surface area (Å²) in [6.07, 6.45) is 5.76. The van der Waals surface area contributed by atoms with Gasteiger partial charge in [-0.15, -0.1) is 0 Å². The molecule has 0 radical (unpaired) electrons. The van der Waals surface area contributed by atoms with Crippen molar-refractivity contribution in [1.82, 2.24) is 15.1 Å². The Morgan fingerprint density at radius 1 is 1.27 bits per heavy atom. The molecule has 6 nitrogen and oxygen atoms in total. The van der Waals surface area contributed by atoms with E-state index in [0.717, 1.165) is 25.8 Å². The first-order valence-electron chi connectivity index (χ1n) is 8.02.